The van der Waals surface area contributed by atoms with Gasteiger partial charge in [-0.25, -0.2) is 9.78 Å². The molecule has 0 spiro atoms. The summed E-state index contributed by atoms with van der Waals surface area (Å²) in [6.07, 6.45) is 4.13. The van der Waals surface area contributed by atoms with Gasteiger partial charge in [-0.3, -0.25) is 0 Å². The molecule has 0 aliphatic carbocycles. The molecule has 2 aromatic rings. The maximum absolute atomic E-state index is 10.4. The van der Waals surface area contributed by atoms with Crippen LogP contribution in [-0.2, 0) is 4.79 Å². The monoisotopic (exact) mass is 292 g/mol. The number of carbonyl (C=O) groups is 1. The molecule has 1 aromatic heterocycles. The van der Waals surface area contributed by atoms with Gasteiger partial charge in [-0.05, 0) is 18.2 Å². The minimum absolute atomic E-state index is 0.655. The summed E-state index contributed by atoms with van der Waals surface area (Å²) >= 11 is 3.38. The normalized spacial score (nSPS) is 10.9. The van der Waals surface area contributed by atoms with Gasteiger partial charge in [0.2, 0.25) is 0 Å². The molecule has 2 N–H and O–H groups in total. The first-order chi connectivity index (χ1) is 8.15. The number of benzene rings is 1. The first kappa shape index (κ1) is 11.6. The Labute approximate surface area is 106 Å². The van der Waals surface area contributed by atoms with Crippen molar-refractivity contribution in [1.29, 1.82) is 0 Å². The van der Waals surface area contributed by atoms with Crippen LogP contribution in [0.4, 0.5) is 0 Å². The van der Waals surface area contributed by atoms with E-state index in [0.717, 1.165) is 16.1 Å². The molecule has 0 saturated carbocycles. The van der Waals surface area contributed by atoms with Crippen LogP contribution in [0.5, 0.6) is 0 Å². The van der Waals surface area contributed by atoms with Crippen LogP contribution >= 0.6 is 15.9 Å². The Morgan fingerprint density at radius 2 is 2.29 bits per heavy atom. The molecule has 0 atom stereocenters. The molecule has 17 heavy (non-hydrogen) atoms. The summed E-state index contributed by atoms with van der Waals surface area (Å²) in [7, 11) is 0. The second-order valence-corrected chi connectivity index (χ2v) is 4.28. The first-order valence-electron chi connectivity index (χ1n) is 4.87. The van der Waals surface area contributed by atoms with Crippen molar-refractivity contribution < 1.29 is 9.90 Å². The molecule has 0 fully saturated rings. The minimum Gasteiger partial charge on any atom is -0.478 e. The Morgan fingerprint density at radius 1 is 1.47 bits per heavy atom. The minimum atomic E-state index is -0.983. The molecule has 0 aliphatic heterocycles. The van der Waals surface area contributed by atoms with Crippen molar-refractivity contribution in [3.8, 4) is 11.4 Å². The molecule has 0 aliphatic rings. The lowest BCUT2D eigenvalue weighted by Gasteiger charge is -1.96. The number of H-pyrrole nitrogens is 1. The lowest BCUT2D eigenvalue weighted by Crippen LogP contribution is -1.85. The van der Waals surface area contributed by atoms with Gasteiger partial charge >= 0.3 is 5.97 Å². The molecular weight excluding hydrogens is 284 g/mol. The van der Waals surface area contributed by atoms with Gasteiger partial charge in [-0.15, -0.1) is 0 Å². The Kier molecular flexibility index (Phi) is 3.39. The molecule has 86 valence electrons. The molecule has 0 bridgehead atoms. The Hall–Kier alpha value is -1.88. The summed E-state index contributed by atoms with van der Waals surface area (Å²) in [5, 5.41) is 8.51. The number of aromatic amines is 1. The summed E-state index contributed by atoms with van der Waals surface area (Å²) in [5.74, 6) is -0.278. The SMILES string of the molecule is O=C(O)/C=C/c1cnc(-c2cccc(Br)c2)[nH]1. The van der Waals surface area contributed by atoms with E-state index in [-0.39, 0.29) is 0 Å². The highest BCUT2D eigenvalue weighted by molar-refractivity contribution is 9.10. The number of aliphatic carboxylic acids is 1. The van der Waals surface area contributed by atoms with E-state index in [2.05, 4.69) is 25.9 Å². The zero-order chi connectivity index (χ0) is 12.3. The van der Waals surface area contributed by atoms with Crippen LogP contribution in [0.3, 0.4) is 0 Å². The van der Waals surface area contributed by atoms with Crippen LogP contribution in [0.25, 0.3) is 17.5 Å². The van der Waals surface area contributed by atoms with Crippen molar-refractivity contribution in [1.82, 2.24) is 9.97 Å². The highest BCUT2D eigenvalue weighted by Crippen LogP contribution is 2.20. The van der Waals surface area contributed by atoms with Crippen molar-refractivity contribution in [3.05, 3.63) is 46.7 Å². The maximum atomic E-state index is 10.4. The van der Waals surface area contributed by atoms with E-state index in [1.165, 1.54) is 6.08 Å². The summed E-state index contributed by atoms with van der Waals surface area (Å²) in [4.78, 5) is 17.6. The standard InChI is InChI=1S/C12H9BrN2O2/c13-9-3-1-2-8(6-9)12-14-7-10(15-12)4-5-11(16)17/h1-7H,(H,14,15)(H,16,17)/b5-4+. The van der Waals surface area contributed by atoms with Crippen LogP contribution in [0.1, 0.15) is 5.69 Å². The summed E-state index contributed by atoms with van der Waals surface area (Å²) in [6, 6.07) is 7.70. The summed E-state index contributed by atoms with van der Waals surface area (Å²) < 4.78 is 0.967. The van der Waals surface area contributed by atoms with E-state index < -0.39 is 5.97 Å². The fraction of sp³-hybridized carbons (Fsp3) is 0. The molecule has 0 unspecified atom stereocenters. The predicted octanol–water partition coefficient (Wildman–Crippen LogP) is 2.94. The van der Waals surface area contributed by atoms with Crippen LogP contribution in [0, 0.1) is 0 Å². The largest absolute Gasteiger partial charge is 0.478 e. The average molecular weight is 293 g/mol. The molecule has 0 amide bonds. The van der Waals surface area contributed by atoms with E-state index in [0.29, 0.717) is 11.5 Å². The number of halogens is 1. The van der Waals surface area contributed by atoms with Gasteiger partial charge in [-0.1, -0.05) is 28.1 Å². The Bertz CT molecular complexity index is 575. The molecule has 1 heterocycles. The second kappa shape index (κ2) is 4.97. The maximum Gasteiger partial charge on any atom is 0.328 e. The number of nitrogens with zero attached hydrogens (tertiary/aromatic N) is 1. The van der Waals surface area contributed by atoms with Crippen molar-refractivity contribution >= 4 is 28.0 Å². The van der Waals surface area contributed by atoms with Crippen molar-refractivity contribution in [2.24, 2.45) is 0 Å². The van der Waals surface area contributed by atoms with Gasteiger partial charge in [0.1, 0.15) is 5.82 Å². The van der Waals surface area contributed by atoms with Gasteiger partial charge in [0.25, 0.3) is 0 Å². The van der Waals surface area contributed by atoms with Crippen LogP contribution in [-0.4, -0.2) is 21.0 Å². The van der Waals surface area contributed by atoms with Crippen LogP contribution in [0.2, 0.25) is 0 Å². The van der Waals surface area contributed by atoms with E-state index in [1.807, 2.05) is 24.3 Å². The third-order valence-electron chi connectivity index (χ3n) is 2.10. The number of aromatic nitrogens is 2. The number of carboxylic acid groups (broad SMARTS) is 1. The van der Waals surface area contributed by atoms with E-state index >= 15 is 0 Å². The molecule has 4 nitrogen and oxygen atoms in total. The van der Waals surface area contributed by atoms with Gasteiger partial charge in [0.15, 0.2) is 0 Å². The molecule has 0 saturated heterocycles. The van der Waals surface area contributed by atoms with E-state index in [1.54, 1.807) is 6.20 Å². The van der Waals surface area contributed by atoms with Crippen molar-refractivity contribution in [2.45, 2.75) is 0 Å². The summed E-state index contributed by atoms with van der Waals surface area (Å²) in [6.45, 7) is 0. The molecule has 1 aromatic carbocycles. The molecule has 2 rings (SSSR count). The third kappa shape index (κ3) is 3.04. The quantitative estimate of drug-likeness (QED) is 0.855. The van der Waals surface area contributed by atoms with Crippen molar-refractivity contribution in [2.75, 3.05) is 0 Å². The highest BCUT2D eigenvalue weighted by atomic mass is 79.9. The smallest absolute Gasteiger partial charge is 0.328 e. The van der Waals surface area contributed by atoms with Gasteiger partial charge in [0.05, 0.1) is 11.9 Å². The number of imidazole rings is 1. The lowest BCUT2D eigenvalue weighted by atomic mass is 10.2. The van der Waals surface area contributed by atoms with Crippen LogP contribution < -0.4 is 0 Å². The molecule has 5 heteroatoms. The Morgan fingerprint density at radius 3 is 3.00 bits per heavy atom. The highest BCUT2D eigenvalue weighted by Gasteiger charge is 2.02. The average Bonchev–Trinajstić information content (AvgIpc) is 2.75. The van der Waals surface area contributed by atoms with Gasteiger partial charge in [0, 0.05) is 16.1 Å². The Balaban J connectivity index is 2.27. The number of hydrogen-bond donors (Lipinski definition) is 2. The van der Waals surface area contributed by atoms with Crippen molar-refractivity contribution in [3.63, 3.8) is 0 Å². The fourth-order valence-corrected chi connectivity index (χ4v) is 1.76. The van der Waals surface area contributed by atoms with Gasteiger partial charge in [-0.2, -0.15) is 0 Å². The number of nitrogens with one attached hydrogen (secondary N) is 1. The van der Waals surface area contributed by atoms with Gasteiger partial charge < -0.3 is 10.1 Å². The zero-order valence-electron chi connectivity index (χ0n) is 8.72. The molecule has 0 radical (unpaired) electrons. The van der Waals surface area contributed by atoms with E-state index in [4.69, 9.17) is 5.11 Å². The number of rotatable bonds is 3. The van der Waals surface area contributed by atoms with Crippen LogP contribution in [0.15, 0.2) is 41.0 Å². The molecular formula is C12H9BrN2O2. The topological polar surface area (TPSA) is 66.0 Å². The zero-order valence-corrected chi connectivity index (χ0v) is 10.3. The first-order valence-corrected chi connectivity index (χ1v) is 5.66. The van der Waals surface area contributed by atoms with E-state index in [9.17, 15) is 4.79 Å². The lowest BCUT2D eigenvalue weighted by molar-refractivity contribution is -0.131. The second-order valence-electron chi connectivity index (χ2n) is 3.37. The predicted molar refractivity (Wildman–Crippen MR) is 68.4 cm³/mol. The third-order valence-corrected chi connectivity index (χ3v) is 2.59. The number of carboxylic acids is 1. The number of hydrogen-bond acceptors (Lipinski definition) is 2. The summed E-state index contributed by atoms with van der Waals surface area (Å²) in [5.41, 5.74) is 1.59. The fourth-order valence-electron chi connectivity index (χ4n) is 1.36.